The predicted molar refractivity (Wildman–Crippen MR) is 300 cm³/mol. The molecule has 0 spiro atoms. The van der Waals surface area contributed by atoms with Gasteiger partial charge >= 0.3 is 11.9 Å². The molecule has 378 valence electrons. The van der Waals surface area contributed by atoms with E-state index in [1.165, 1.54) is 11.1 Å². The van der Waals surface area contributed by atoms with Gasteiger partial charge in [-0.05, 0) is 196 Å². The van der Waals surface area contributed by atoms with Crippen molar-refractivity contribution in [3.05, 3.63) is 143 Å². The topological polar surface area (TPSA) is 52.6 Å². The van der Waals surface area contributed by atoms with Crippen molar-refractivity contribution in [3.8, 4) is 36.2 Å². The third-order valence-corrected chi connectivity index (χ3v) is 13.3. The van der Waals surface area contributed by atoms with E-state index in [9.17, 15) is 0 Å². The number of allylic oxidation sites excluding steroid dienone is 4. The summed E-state index contributed by atoms with van der Waals surface area (Å²) in [6.07, 6.45) is 42.4. The molecule has 0 saturated carbocycles. The number of unbranched alkanes of at least 4 members (excludes halogenated alkanes) is 14. The first-order chi connectivity index (χ1) is 33.6. The van der Waals surface area contributed by atoms with E-state index in [0.717, 1.165) is 162 Å². The number of carbonyl (C=O) groups is 2. The van der Waals surface area contributed by atoms with Crippen LogP contribution in [0.5, 0.6) is 11.5 Å². The lowest BCUT2D eigenvalue weighted by atomic mass is 9.83. The minimum absolute atomic E-state index is 0.0907. The summed E-state index contributed by atoms with van der Waals surface area (Å²) in [6.45, 7) is 29.1. The van der Waals surface area contributed by atoms with Crippen LogP contribution in [-0.2, 0) is 49.4 Å². The van der Waals surface area contributed by atoms with Crippen LogP contribution >= 0.6 is 0 Å². The zero-order valence-electron chi connectivity index (χ0n) is 44.8. The second-order valence-corrected chi connectivity index (χ2v) is 21.4. The second-order valence-electron chi connectivity index (χ2n) is 21.4. The summed E-state index contributed by atoms with van der Waals surface area (Å²) in [7, 11) is 0. The van der Waals surface area contributed by atoms with Crippen molar-refractivity contribution in [2.24, 2.45) is 0 Å². The average molecular weight is 947 g/mol. The lowest BCUT2D eigenvalue weighted by molar-refractivity contribution is 0.0715. The Morgan fingerprint density at radius 3 is 0.943 bits per heavy atom. The van der Waals surface area contributed by atoms with Crippen LogP contribution in [0.25, 0.3) is 0 Å². The Labute approximate surface area is 427 Å². The minimum Gasteiger partial charge on any atom is -0.422 e. The molecule has 3 aromatic rings. The van der Waals surface area contributed by atoms with Gasteiger partial charge in [-0.2, -0.15) is 0 Å². The Hall–Kier alpha value is -5.32. The molecule has 0 heterocycles. The number of aryl methyl sites for hydroxylation is 6. The third-order valence-electron chi connectivity index (χ3n) is 13.3. The molecule has 0 unspecified atom stereocenters. The largest absolute Gasteiger partial charge is 0.422 e. The number of rotatable bonds is 34. The Morgan fingerprint density at radius 1 is 0.429 bits per heavy atom. The van der Waals surface area contributed by atoms with E-state index < -0.39 is 11.9 Å². The summed E-state index contributed by atoms with van der Waals surface area (Å²) < 4.78 is 13.5. The molecule has 70 heavy (non-hydrogen) atoms. The van der Waals surface area contributed by atoms with E-state index in [0.29, 0.717) is 61.2 Å². The lowest BCUT2D eigenvalue weighted by Gasteiger charge is -2.25. The second kappa shape index (κ2) is 31.8. The highest BCUT2D eigenvalue weighted by molar-refractivity contribution is 5.98. The molecule has 0 fully saturated rings. The van der Waals surface area contributed by atoms with Gasteiger partial charge in [0.15, 0.2) is 0 Å². The van der Waals surface area contributed by atoms with Gasteiger partial charge in [-0.15, -0.1) is 51.0 Å². The molecule has 0 bridgehead atoms. The third kappa shape index (κ3) is 20.2. The number of hydrogen-bond donors (Lipinski definition) is 0. The maximum absolute atomic E-state index is 15.0. The van der Waals surface area contributed by atoms with E-state index in [1.54, 1.807) is 0 Å². The predicted octanol–water partition coefficient (Wildman–Crippen LogP) is 17.8. The first kappa shape index (κ1) is 59.0. The van der Waals surface area contributed by atoms with Crippen LogP contribution in [0.15, 0.2) is 87.0 Å². The highest BCUT2D eigenvalue weighted by Gasteiger charge is 2.27. The molecule has 4 heteroatoms. The monoisotopic (exact) mass is 947 g/mol. The van der Waals surface area contributed by atoms with Crippen molar-refractivity contribution in [1.82, 2.24) is 0 Å². The van der Waals surface area contributed by atoms with E-state index in [2.05, 4.69) is 104 Å². The van der Waals surface area contributed by atoms with Crippen molar-refractivity contribution < 1.29 is 19.1 Å². The molecule has 0 amide bonds. The van der Waals surface area contributed by atoms with Crippen LogP contribution in [0.2, 0.25) is 0 Å². The fourth-order valence-electron chi connectivity index (χ4n) is 9.04. The molecular weight excluding hydrogens is 857 g/mol. The van der Waals surface area contributed by atoms with Crippen LogP contribution < -0.4 is 9.47 Å². The molecule has 0 aliphatic heterocycles. The van der Waals surface area contributed by atoms with Crippen molar-refractivity contribution in [1.29, 1.82) is 0 Å². The molecule has 0 aliphatic carbocycles. The Kier molecular flexibility index (Phi) is 26.8. The van der Waals surface area contributed by atoms with Gasteiger partial charge in [0.05, 0.1) is 11.1 Å². The fourth-order valence-corrected chi connectivity index (χ4v) is 9.04. The summed E-state index contributed by atoms with van der Waals surface area (Å²) in [5.41, 5.74) is 8.91. The molecule has 4 nitrogen and oxygen atoms in total. The highest BCUT2D eigenvalue weighted by atomic mass is 16.5. The quantitative estimate of drug-likeness (QED) is 0.0197. The first-order valence-electron chi connectivity index (χ1n) is 26.9. The molecule has 0 atom stereocenters. The van der Waals surface area contributed by atoms with Crippen molar-refractivity contribution in [2.45, 2.75) is 219 Å². The number of terminal acetylenes is 2. The van der Waals surface area contributed by atoms with Crippen LogP contribution in [0, 0.1) is 24.7 Å². The Balaban J connectivity index is 2.26. The smallest absolute Gasteiger partial charge is 0.343 e. The maximum atomic E-state index is 15.0. The van der Waals surface area contributed by atoms with Gasteiger partial charge in [0.1, 0.15) is 11.5 Å². The molecule has 3 aromatic carbocycles. The Bertz CT molecular complexity index is 2000. The molecule has 0 radical (unpaired) electrons. The molecule has 0 saturated heterocycles. The lowest BCUT2D eigenvalue weighted by Crippen LogP contribution is -2.20. The first-order valence-corrected chi connectivity index (χ1v) is 26.9. The number of carbonyl (C=O) groups excluding carboxylic acids is 2. The van der Waals surface area contributed by atoms with E-state index in [-0.39, 0.29) is 10.8 Å². The van der Waals surface area contributed by atoms with Crippen LogP contribution in [0.1, 0.15) is 235 Å². The van der Waals surface area contributed by atoms with Gasteiger partial charge in [0, 0.05) is 12.8 Å². The van der Waals surface area contributed by atoms with Gasteiger partial charge in [-0.25, -0.2) is 9.59 Å². The number of hydrogen-bond acceptors (Lipinski definition) is 4. The van der Waals surface area contributed by atoms with E-state index in [4.69, 9.17) is 22.3 Å². The molecule has 0 N–H and O–H groups in total. The zero-order valence-corrected chi connectivity index (χ0v) is 44.8. The van der Waals surface area contributed by atoms with E-state index >= 15 is 9.59 Å². The van der Waals surface area contributed by atoms with Crippen LogP contribution in [0.4, 0.5) is 0 Å². The average Bonchev–Trinajstić information content (AvgIpc) is 3.32. The SMILES string of the molecule is C#CCCCc1cc(C(=O)Oc2c(CCCCCC=C)cc(C(C)(C)C)cc2CCCCCC=C)c(CCCC#C)cc1C(=O)Oc1c(CCCCCC=C)cc(C(C)(C)C)cc1CCCCCC=C. The fraction of sp³-hybridized carbons (Fsp3) is 0.515. The Morgan fingerprint density at radius 2 is 0.700 bits per heavy atom. The van der Waals surface area contributed by atoms with E-state index in [1.807, 2.05) is 36.4 Å². The normalized spacial score (nSPS) is 11.4. The number of esters is 2. The molecular formula is C66H90O4. The summed E-state index contributed by atoms with van der Waals surface area (Å²) in [4.78, 5) is 30.1. The highest BCUT2D eigenvalue weighted by Crippen LogP contribution is 2.38. The minimum atomic E-state index is -0.423. The summed E-state index contributed by atoms with van der Waals surface area (Å²) in [5.74, 6) is 6.05. The maximum Gasteiger partial charge on any atom is 0.343 e. The standard InChI is InChI=1S/C66H90O4/c1-13-19-25-29-35-41-53-45-57(65(7,8)9)46-54(42-36-30-26-20-14-2)61(53)69-63(67)59-49-52(40-34-24-18-6)60(50-51(59)39-33-23-17-5)64(68)70-62-55(43-37-31-27-21-15-3)47-58(66(10,11)12)48-56(62)44-38-32-28-22-16-4/h5-6,13-16,45-50H,1-4,19-44H2,7-12H3. The van der Waals surface area contributed by atoms with Crippen molar-refractivity contribution in [3.63, 3.8) is 0 Å². The van der Waals surface area contributed by atoms with Crippen molar-refractivity contribution >= 4 is 11.9 Å². The summed E-state index contributed by atoms with van der Waals surface area (Å²) in [6, 6.07) is 12.8. The molecule has 0 aromatic heterocycles. The molecule has 0 aliphatic rings. The van der Waals surface area contributed by atoms with Gasteiger partial charge in [0.25, 0.3) is 0 Å². The number of ether oxygens (including phenoxy) is 2. The van der Waals surface area contributed by atoms with Gasteiger partial charge in [-0.3, -0.25) is 0 Å². The van der Waals surface area contributed by atoms with Crippen LogP contribution in [-0.4, -0.2) is 11.9 Å². The van der Waals surface area contributed by atoms with Crippen molar-refractivity contribution in [2.75, 3.05) is 0 Å². The zero-order chi connectivity index (χ0) is 51.4. The van der Waals surface area contributed by atoms with Crippen LogP contribution in [0.3, 0.4) is 0 Å². The molecule has 3 rings (SSSR count). The summed E-state index contributed by atoms with van der Waals surface area (Å²) >= 11 is 0. The van der Waals surface area contributed by atoms with Gasteiger partial charge in [0.2, 0.25) is 0 Å². The van der Waals surface area contributed by atoms with Gasteiger partial charge in [-0.1, -0.05) is 116 Å². The summed E-state index contributed by atoms with van der Waals surface area (Å²) in [5, 5.41) is 0. The van der Waals surface area contributed by atoms with Gasteiger partial charge < -0.3 is 9.47 Å². The number of benzene rings is 3.